The van der Waals surface area contributed by atoms with Crippen molar-refractivity contribution in [2.45, 2.75) is 51.5 Å². The quantitative estimate of drug-likeness (QED) is 0.299. The fourth-order valence-electron chi connectivity index (χ4n) is 2.05. The van der Waals surface area contributed by atoms with Gasteiger partial charge in [0.2, 0.25) is 0 Å². The molecule has 1 aromatic rings. The van der Waals surface area contributed by atoms with Crippen LogP contribution in [0.25, 0.3) is 0 Å². The largest absolute Gasteiger partial charge is 0.444 e. The van der Waals surface area contributed by atoms with Gasteiger partial charge in [-0.05, 0) is 45.1 Å². The second-order valence-corrected chi connectivity index (χ2v) is 8.46. The van der Waals surface area contributed by atoms with E-state index in [4.69, 9.17) is 4.74 Å². The number of aromatic nitrogens is 1. The van der Waals surface area contributed by atoms with Crippen molar-refractivity contribution in [3.8, 4) is 0 Å². The van der Waals surface area contributed by atoms with Crippen molar-refractivity contribution in [2.24, 2.45) is 5.92 Å². The molecular formula is C17H28N4O4S. The number of rotatable bonds is 9. The van der Waals surface area contributed by atoms with Gasteiger partial charge in [-0.1, -0.05) is 13.8 Å². The van der Waals surface area contributed by atoms with Gasteiger partial charge in [0.05, 0.1) is 4.92 Å². The van der Waals surface area contributed by atoms with Crippen molar-refractivity contribution in [1.82, 2.24) is 14.6 Å². The van der Waals surface area contributed by atoms with E-state index in [9.17, 15) is 14.9 Å². The van der Waals surface area contributed by atoms with Crippen LogP contribution in [0.5, 0.6) is 0 Å². The number of carbonyl (C=O) groups is 1. The standard InChI is InChI=1S/C17H28N4O4S/c1-13(2)12-20(8-6-7-19-16(22)25-17(3,4)5)26-15-9-14(21(23)24)10-18-11-15/h9-11,13H,6-8,12H2,1-5H3,(H,19,22). The Morgan fingerprint density at radius 1 is 1.42 bits per heavy atom. The minimum Gasteiger partial charge on any atom is -0.444 e. The lowest BCUT2D eigenvalue weighted by Crippen LogP contribution is -2.34. The molecule has 0 saturated heterocycles. The van der Waals surface area contributed by atoms with Gasteiger partial charge >= 0.3 is 6.09 Å². The lowest BCUT2D eigenvalue weighted by molar-refractivity contribution is -0.385. The van der Waals surface area contributed by atoms with Gasteiger partial charge in [-0.2, -0.15) is 0 Å². The predicted octanol–water partition coefficient (Wildman–Crippen LogP) is 3.87. The molecule has 1 aromatic heterocycles. The Morgan fingerprint density at radius 3 is 2.69 bits per heavy atom. The lowest BCUT2D eigenvalue weighted by Gasteiger charge is -2.23. The SMILES string of the molecule is CC(C)CN(CCCNC(=O)OC(C)(C)C)Sc1cncc([N+](=O)[O-])c1. The number of carbonyl (C=O) groups excluding carboxylic acids is 1. The van der Waals surface area contributed by atoms with Crippen LogP contribution in [0.3, 0.4) is 0 Å². The zero-order valence-electron chi connectivity index (χ0n) is 16.0. The summed E-state index contributed by atoms with van der Waals surface area (Å²) in [4.78, 5) is 26.7. The number of amides is 1. The third-order valence-electron chi connectivity index (χ3n) is 2.97. The molecule has 0 aliphatic rings. The van der Waals surface area contributed by atoms with Gasteiger partial charge < -0.3 is 10.1 Å². The molecule has 8 nitrogen and oxygen atoms in total. The van der Waals surface area contributed by atoms with Gasteiger partial charge in [-0.25, -0.2) is 9.10 Å². The molecule has 0 fully saturated rings. The van der Waals surface area contributed by atoms with Crippen LogP contribution < -0.4 is 5.32 Å². The topological polar surface area (TPSA) is 97.6 Å². The van der Waals surface area contributed by atoms with E-state index in [1.165, 1.54) is 24.2 Å². The van der Waals surface area contributed by atoms with Crippen LogP contribution in [0.4, 0.5) is 10.5 Å². The highest BCUT2D eigenvalue weighted by molar-refractivity contribution is 7.97. The molecule has 0 aliphatic heterocycles. The first-order chi connectivity index (χ1) is 12.1. The summed E-state index contributed by atoms with van der Waals surface area (Å²) in [6.45, 7) is 11.7. The van der Waals surface area contributed by atoms with E-state index < -0.39 is 16.6 Å². The highest BCUT2D eigenvalue weighted by atomic mass is 32.2. The van der Waals surface area contributed by atoms with Crippen molar-refractivity contribution in [1.29, 1.82) is 0 Å². The minimum absolute atomic E-state index is 0.0221. The second kappa shape index (κ2) is 10.3. The number of ether oxygens (including phenoxy) is 1. The Bertz CT molecular complexity index is 605. The number of alkyl carbamates (subject to hydrolysis) is 1. The van der Waals surface area contributed by atoms with Gasteiger partial charge in [0, 0.05) is 36.8 Å². The summed E-state index contributed by atoms with van der Waals surface area (Å²) in [5, 5.41) is 13.6. The van der Waals surface area contributed by atoms with E-state index in [0.29, 0.717) is 12.5 Å². The first kappa shape index (κ1) is 22.2. The molecule has 0 radical (unpaired) electrons. The van der Waals surface area contributed by atoms with E-state index in [-0.39, 0.29) is 5.69 Å². The van der Waals surface area contributed by atoms with Crippen LogP contribution in [-0.2, 0) is 4.74 Å². The Balaban J connectivity index is 2.53. The van der Waals surface area contributed by atoms with Gasteiger partial charge in [-0.15, -0.1) is 0 Å². The summed E-state index contributed by atoms with van der Waals surface area (Å²) in [5.41, 5.74) is -0.537. The molecule has 0 bridgehead atoms. The van der Waals surface area contributed by atoms with E-state index in [1.54, 1.807) is 6.20 Å². The minimum atomic E-state index is -0.515. The summed E-state index contributed by atoms with van der Waals surface area (Å²) in [7, 11) is 0. The van der Waals surface area contributed by atoms with Crippen molar-refractivity contribution in [3.63, 3.8) is 0 Å². The Hall–Kier alpha value is -1.87. The van der Waals surface area contributed by atoms with Gasteiger partial charge in [0.15, 0.2) is 0 Å². The van der Waals surface area contributed by atoms with Crippen LogP contribution in [0, 0.1) is 16.0 Å². The van der Waals surface area contributed by atoms with E-state index >= 15 is 0 Å². The molecule has 0 aromatic carbocycles. The maximum absolute atomic E-state index is 11.6. The van der Waals surface area contributed by atoms with E-state index in [1.807, 2.05) is 20.8 Å². The van der Waals surface area contributed by atoms with Crippen molar-refractivity contribution in [3.05, 3.63) is 28.6 Å². The fourth-order valence-corrected chi connectivity index (χ4v) is 3.22. The van der Waals surface area contributed by atoms with Gasteiger partial charge in [-0.3, -0.25) is 15.1 Å². The van der Waals surface area contributed by atoms with Crippen LogP contribution in [-0.4, -0.2) is 45.5 Å². The summed E-state index contributed by atoms with van der Waals surface area (Å²) in [6, 6.07) is 1.52. The number of hydrogen-bond acceptors (Lipinski definition) is 7. The smallest absolute Gasteiger partial charge is 0.407 e. The van der Waals surface area contributed by atoms with Crippen molar-refractivity contribution < 1.29 is 14.5 Å². The van der Waals surface area contributed by atoms with E-state index in [0.717, 1.165) is 24.4 Å². The lowest BCUT2D eigenvalue weighted by atomic mass is 10.2. The second-order valence-electron chi connectivity index (χ2n) is 7.29. The molecular weight excluding hydrogens is 356 g/mol. The monoisotopic (exact) mass is 384 g/mol. The fraction of sp³-hybridized carbons (Fsp3) is 0.647. The summed E-state index contributed by atoms with van der Waals surface area (Å²) in [5.74, 6) is 0.438. The molecule has 0 saturated carbocycles. The Kier molecular flexibility index (Phi) is 8.80. The zero-order chi connectivity index (χ0) is 19.7. The molecule has 9 heteroatoms. The molecule has 1 heterocycles. The first-order valence-corrected chi connectivity index (χ1v) is 9.33. The number of hydrogen-bond donors (Lipinski definition) is 1. The maximum atomic E-state index is 11.6. The average molecular weight is 385 g/mol. The molecule has 1 amide bonds. The first-order valence-electron chi connectivity index (χ1n) is 8.56. The number of nitrogens with zero attached hydrogens (tertiary/aromatic N) is 3. The highest BCUT2D eigenvalue weighted by Gasteiger charge is 2.16. The number of nitro groups is 1. The van der Waals surface area contributed by atoms with Gasteiger partial charge in [0.25, 0.3) is 5.69 Å². The Morgan fingerprint density at radius 2 is 2.12 bits per heavy atom. The summed E-state index contributed by atoms with van der Waals surface area (Å²) >= 11 is 1.44. The molecule has 0 atom stereocenters. The number of pyridine rings is 1. The molecule has 0 aliphatic carbocycles. The van der Waals surface area contributed by atoms with Crippen LogP contribution in [0.1, 0.15) is 41.0 Å². The maximum Gasteiger partial charge on any atom is 0.407 e. The average Bonchev–Trinajstić information content (AvgIpc) is 2.49. The normalized spacial score (nSPS) is 11.7. The predicted molar refractivity (Wildman–Crippen MR) is 102 cm³/mol. The molecule has 0 spiro atoms. The molecule has 1 rings (SSSR count). The third-order valence-corrected chi connectivity index (χ3v) is 3.99. The highest BCUT2D eigenvalue weighted by Crippen LogP contribution is 2.26. The molecule has 146 valence electrons. The molecule has 1 N–H and O–H groups in total. The van der Waals surface area contributed by atoms with Gasteiger partial charge in [0.1, 0.15) is 11.8 Å². The summed E-state index contributed by atoms with van der Waals surface area (Å²) < 4.78 is 7.33. The van der Waals surface area contributed by atoms with Crippen LogP contribution in [0.2, 0.25) is 0 Å². The Labute approximate surface area is 159 Å². The molecule has 0 unspecified atom stereocenters. The van der Waals surface area contributed by atoms with E-state index in [2.05, 4.69) is 28.5 Å². The van der Waals surface area contributed by atoms with Crippen molar-refractivity contribution >= 4 is 23.7 Å². The van der Waals surface area contributed by atoms with Crippen LogP contribution in [0.15, 0.2) is 23.4 Å². The molecule has 26 heavy (non-hydrogen) atoms. The van der Waals surface area contributed by atoms with Crippen LogP contribution >= 0.6 is 11.9 Å². The zero-order valence-corrected chi connectivity index (χ0v) is 16.8. The number of nitrogens with one attached hydrogen (secondary N) is 1. The third kappa shape index (κ3) is 9.57. The van der Waals surface area contributed by atoms with Crippen molar-refractivity contribution in [2.75, 3.05) is 19.6 Å². The summed E-state index contributed by atoms with van der Waals surface area (Å²) in [6.07, 6.45) is 3.16.